The summed E-state index contributed by atoms with van der Waals surface area (Å²) in [7, 11) is 0. The maximum Gasteiger partial charge on any atom is 0.249 e. The van der Waals surface area contributed by atoms with Crippen LogP contribution < -0.4 is 20.1 Å². The lowest BCUT2D eigenvalue weighted by molar-refractivity contribution is 0.174. The molecule has 144 valence electrons. The van der Waals surface area contributed by atoms with Crippen LogP contribution in [0.1, 0.15) is 31.9 Å². The average Bonchev–Trinajstić information content (AvgIpc) is 3.14. The van der Waals surface area contributed by atoms with Gasteiger partial charge in [-0.1, -0.05) is 45.0 Å². The number of nitrogens with zero attached hydrogens (tertiary/aromatic N) is 3. The van der Waals surface area contributed by atoms with Crippen LogP contribution in [-0.4, -0.2) is 22.0 Å². The maximum atomic E-state index is 5.42. The van der Waals surface area contributed by atoms with E-state index in [0.717, 1.165) is 22.7 Å². The Labute approximate surface area is 164 Å². The van der Waals surface area contributed by atoms with E-state index in [4.69, 9.17) is 9.47 Å². The van der Waals surface area contributed by atoms with Crippen LogP contribution in [0.25, 0.3) is 0 Å². The fraction of sp³-hybridized carbons (Fsp3) is 0.286. The minimum atomic E-state index is 0.00619. The van der Waals surface area contributed by atoms with Crippen molar-refractivity contribution in [1.29, 1.82) is 0 Å². The standard InChI is InChI=1S/C21H23N5O2/c1-21(2,3)15-6-4-5-7-16(15)24-20-25-19(12-23-26-20)22-11-14-8-9-17-18(10-14)28-13-27-17/h4-10,12H,11,13H2,1-3H3,(H2,22,24,25,26). The molecule has 0 amide bonds. The predicted octanol–water partition coefficient (Wildman–Crippen LogP) is 4.25. The summed E-state index contributed by atoms with van der Waals surface area (Å²) in [5.41, 5.74) is 3.24. The number of anilines is 3. The molecule has 1 aliphatic rings. The van der Waals surface area contributed by atoms with Crippen LogP contribution in [0.4, 0.5) is 17.5 Å². The molecular weight excluding hydrogens is 354 g/mol. The average molecular weight is 377 g/mol. The molecule has 2 heterocycles. The first kappa shape index (κ1) is 18.0. The van der Waals surface area contributed by atoms with Gasteiger partial charge in [0.25, 0.3) is 0 Å². The first-order chi connectivity index (χ1) is 13.5. The summed E-state index contributed by atoms with van der Waals surface area (Å²) >= 11 is 0. The van der Waals surface area contributed by atoms with Crippen molar-refractivity contribution in [3.05, 3.63) is 59.8 Å². The predicted molar refractivity (Wildman–Crippen MR) is 108 cm³/mol. The lowest BCUT2D eigenvalue weighted by atomic mass is 9.86. The Hall–Kier alpha value is -3.35. The third-order valence-corrected chi connectivity index (χ3v) is 4.45. The third kappa shape index (κ3) is 3.98. The number of ether oxygens (including phenoxy) is 2. The zero-order chi connectivity index (χ0) is 19.6. The molecule has 0 unspecified atom stereocenters. The Kier molecular flexibility index (Phi) is 4.73. The summed E-state index contributed by atoms with van der Waals surface area (Å²) in [6.07, 6.45) is 1.60. The van der Waals surface area contributed by atoms with Crippen molar-refractivity contribution in [2.45, 2.75) is 32.7 Å². The fourth-order valence-corrected chi connectivity index (χ4v) is 3.05. The summed E-state index contributed by atoms with van der Waals surface area (Å²) in [6.45, 7) is 7.39. The van der Waals surface area contributed by atoms with E-state index in [1.165, 1.54) is 5.56 Å². The Morgan fingerprint density at radius 2 is 1.86 bits per heavy atom. The van der Waals surface area contributed by atoms with Crippen LogP contribution in [0, 0.1) is 0 Å². The van der Waals surface area contributed by atoms with Crippen LogP contribution in [0.5, 0.6) is 11.5 Å². The number of para-hydroxylation sites is 1. The Morgan fingerprint density at radius 1 is 1.04 bits per heavy atom. The van der Waals surface area contributed by atoms with Crippen molar-refractivity contribution in [2.24, 2.45) is 0 Å². The molecule has 0 spiro atoms. The van der Waals surface area contributed by atoms with Gasteiger partial charge in [0.15, 0.2) is 17.3 Å². The molecule has 0 radical (unpaired) electrons. The molecule has 1 aliphatic heterocycles. The number of fused-ring (bicyclic) bond motifs is 1. The van der Waals surface area contributed by atoms with Gasteiger partial charge in [-0.25, -0.2) is 0 Å². The minimum Gasteiger partial charge on any atom is -0.454 e. The molecule has 0 saturated heterocycles. The van der Waals surface area contributed by atoms with E-state index >= 15 is 0 Å². The van der Waals surface area contributed by atoms with Crippen molar-refractivity contribution < 1.29 is 9.47 Å². The minimum absolute atomic E-state index is 0.00619. The Morgan fingerprint density at radius 3 is 2.71 bits per heavy atom. The van der Waals surface area contributed by atoms with Crippen LogP contribution >= 0.6 is 0 Å². The van der Waals surface area contributed by atoms with Gasteiger partial charge in [-0.05, 0) is 34.7 Å². The lowest BCUT2D eigenvalue weighted by Crippen LogP contribution is -2.14. The molecule has 28 heavy (non-hydrogen) atoms. The van der Waals surface area contributed by atoms with Crippen LogP contribution in [-0.2, 0) is 12.0 Å². The van der Waals surface area contributed by atoms with Gasteiger partial charge in [-0.3, -0.25) is 0 Å². The molecule has 2 aromatic carbocycles. The number of nitrogens with one attached hydrogen (secondary N) is 2. The Balaban J connectivity index is 1.47. The van der Waals surface area contributed by atoms with Gasteiger partial charge in [-0.2, -0.15) is 10.1 Å². The van der Waals surface area contributed by atoms with E-state index < -0.39 is 0 Å². The molecule has 7 nitrogen and oxygen atoms in total. The van der Waals surface area contributed by atoms with E-state index in [9.17, 15) is 0 Å². The van der Waals surface area contributed by atoms with Gasteiger partial charge in [0.2, 0.25) is 12.7 Å². The summed E-state index contributed by atoms with van der Waals surface area (Å²) in [6, 6.07) is 14.0. The SMILES string of the molecule is CC(C)(C)c1ccccc1Nc1nncc(NCc2ccc3c(c2)OCO3)n1. The molecule has 0 saturated carbocycles. The smallest absolute Gasteiger partial charge is 0.249 e. The highest BCUT2D eigenvalue weighted by molar-refractivity contribution is 5.61. The molecular formula is C21H23N5O2. The van der Waals surface area contributed by atoms with Gasteiger partial charge in [-0.15, -0.1) is 5.10 Å². The molecule has 4 rings (SSSR count). The largest absolute Gasteiger partial charge is 0.454 e. The van der Waals surface area contributed by atoms with Gasteiger partial charge in [0.1, 0.15) is 0 Å². The quantitative estimate of drug-likeness (QED) is 0.688. The molecule has 3 aromatic rings. The number of benzene rings is 2. The molecule has 0 aliphatic carbocycles. The second-order valence-corrected chi connectivity index (χ2v) is 7.63. The summed E-state index contributed by atoms with van der Waals surface area (Å²) in [5, 5.41) is 14.7. The molecule has 0 bridgehead atoms. The van der Waals surface area contributed by atoms with E-state index in [1.807, 2.05) is 36.4 Å². The number of rotatable bonds is 5. The highest BCUT2D eigenvalue weighted by Gasteiger charge is 2.18. The van der Waals surface area contributed by atoms with E-state index in [1.54, 1.807) is 6.20 Å². The molecule has 0 fully saturated rings. The zero-order valence-corrected chi connectivity index (χ0v) is 16.2. The van der Waals surface area contributed by atoms with Crippen molar-refractivity contribution in [3.63, 3.8) is 0 Å². The molecule has 2 N–H and O–H groups in total. The van der Waals surface area contributed by atoms with Gasteiger partial charge in [0, 0.05) is 12.2 Å². The van der Waals surface area contributed by atoms with E-state index in [0.29, 0.717) is 18.3 Å². The van der Waals surface area contributed by atoms with Gasteiger partial charge >= 0.3 is 0 Å². The monoisotopic (exact) mass is 377 g/mol. The summed E-state index contributed by atoms with van der Waals surface area (Å²) < 4.78 is 10.8. The van der Waals surface area contributed by atoms with Crippen LogP contribution in [0.2, 0.25) is 0 Å². The number of aromatic nitrogens is 3. The summed E-state index contributed by atoms with van der Waals surface area (Å²) in [5.74, 6) is 2.63. The highest BCUT2D eigenvalue weighted by atomic mass is 16.7. The molecule has 1 aromatic heterocycles. The Bertz CT molecular complexity index is 985. The normalized spacial score (nSPS) is 12.7. The molecule has 7 heteroatoms. The van der Waals surface area contributed by atoms with Crippen molar-refractivity contribution in [1.82, 2.24) is 15.2 Å². The first-order valence-electron chi connectivity index (χ1n) is 9.18. The number of hydrogen-bond donors (Lipinski definition) is 2. The molecule has 0 atom stereocenters. The van der Waals surface area contributed by atoms with Crippen molar-refractivity contribution >= 4 is 17.5 Å². The number of hydrogen-bond acceptors (Lipinski definition) is 7. The van der Waals surface area contributed by atoms with Gasteiger partial charge < -0.3 is 20.1 Å². The zero-order valence-electron chi connectivity index (χ0n) is 16.2. The summed E-state index contributed by atoms with van der Waals surface area (Å²) in [4.78, 5) is 4.53. The first-order valence-corrected chi connectivity index (χ1v) is 9.18. The third-order valence-electron chi connectivity index (χ3n) is 4.45. The topological polar surface area (TPSA) is 81.2 Å². The van der Waals surface area contributed by atoms with Crippen LogP contribution in [0.3, 0.4) is 0 Å². The van der Waals surface area contributed by atoms with Gasteiger partial charge in [0.05, 0.1) is 6.20 Å². The van der Waals surface area contributed by atoms with Crippen molar-refractivity contribution in [2.75, 3.05) is 17.4 Å². The van der Waals surface area contributed by atoms with Crippen molar-refractivity contribution in [3.8, 4) is 11.5 Å². The second-order valence-electron chi connectivity index (χ2n) is 7.63. The second kappa shape index (κ2) is 7.34. The van der Waals surface area contributed by atoms with E-state index in [2.05, 4.69) is 52.7 Å². The van der Waals surface area contributed by atoms with E-state index in [-0.39, 0.29) is 12.2 Å². The highest BCUT2D eigenvalue weighted by Crippen LogP contribution is 2.33. The fourth-order valence-electron chi connectivity index (χ4n) is 3.05. The van der Waals surface area contributed by atoms with Crippen LogP contribution in [0.15, 0.2) is 48.7 Å². The lowest BCUT2D eigenvalue weighted by Gasteiger charge is -2.22. The maximum absolute atomic E-state index is 5.42.